The molecule has 19 heavy (non-hydrogen) atoms. The normalized spacial score (nSPS) is 16.2. The fourth-order valence-corrected chi connectivity index (χ4v) is 2.31. The van der Waals surface area contributed by atoms with Gasteiger partial charge < -0.3 is 15.0 Å². The molecule has 1 fully saturated rings. The molecule has 0 bridgehead atoms. The number of nitrogens with zero attached hydrogens (tertiary/aromatic N) is 3. The van der Waals surface area contributed by atoms with Crippen molar-refractivity contribution in [1.82, 2.24) is 9.97 Å². The molecule has 0 atom stereocenters. The van der Waals surface area contributed by atoms with E-state index in [2.05, 4.69) is 20.2 Å². The van der Waals surface area contributed by atoms with Crippen molar-refractivity contribution in [1.29, 1.82) is 0 Å². The summed E-state index contributed by atoms with van der Waals surface area (Å²) in [6.07, 6.45) is 3.19. The molecular weight excluding hydrogens is 244 g/mol. The van der Waals surface area contributed by atoms with E-state index in [1.807, 2.05) is 13.0 Å². The monoisotopic (exact) mass is 264 g/mol. The third-order valence-corrected chi connectivity index (χ3v) is 3.36. The summed E-state index contributed by atoms with van der Waals surface area (Å²) in [5.74, 6) is 1.67. The molecule has 2 heterocycles. The van der Waals surface area contributed by atoms with Crippen LogP contribution in [0.25, 0.3) is 0 Å². The highest BCUT2D eigenvalue weighted by molar-refractivity contribution is 5.72. The SMILES string of the molecule is CCNc1cc(N2CCC(C(=O)OC)CC2)ncn1. The third kappa shape index (κ3) is 3.33. The summed E-state index contributed by atoms with van der Waals surface area (Å²) in [4.78, 5) is 22.1. The van der Waals surface area contributed by atoms with Crippen LogP contribution in [0, 0.1) is 5.92 Å². The molecule has 6 nitrogen and oxygen atoms in total. The molecule has 104 valence electrons. The lowest BCUT2D eigenvalue weighted by Crippen LogP contribution is -2.37. The van der Waals surface area contributed by atoms with Gasteiger partial charge in [-0.2, -0.15) is 0 Å². The summed E-state index contributed by atoms with van der Waals surface area (Å²) in [6.45, 7) is 4.51. The summed E-state index contributed by atoms with van der Waals surface area (Å²) in [6, 6.07) is 1.95. The fraction of sp³-hybridized carbons (Fsp3) is 0.615. The molecule has 0 saturated carbocycles. The van der Waals surface area contributed by atoms with E-state index < -0.39 is 0 Å². The number of methoxy groups -OCH3 is 1. The molecule has 1 aliphatic heterocycles. The molecule has 0 amide bonds. The van der Waals surface area contributed by atoms with Crippen molar-refractivity contribution in [2.45, 2.75) is 19.8 Å². The van der Waals surface area contributed by atoms with Crippen molar-refractivity contribution in [2.75, 3.05) is 37.0 Å². The van der Waals surface area contributed by atoms with Crippen LogP contribution >= 0.6 is 0 Å². The van der Waals surface area contributed by atoms with E-state index in [1.165, 1.54) is 7.11 Å². The number of rotatable bonds is 4. The highest BCUT2D eigenvalue weighted by Crippen LogP contribution is 2.23. The van der Waals surface area contributed by atoms with E-state index >= 15 is 0 Å². The Kier molecular flexibility index (Phi) is 4.54. The maximum atomic E-state index is 11.5. The number of carbonyl (C=O) groups excluding carboxylic acids is 1. The highest BCUT2D eigenvalue weighted by atomic mass is 16.5. The molecule has 1 aromatic rings. The molecule has 6 heteroatoms. The largest absolute Gasteiger partial charge is 0.469 e. The lowest BCUT2D eigenvalue weighted by Gasteiger charge is -2.31. The summed E-state index contributed by atoms with van der Waals surface area (Å²) in [5.41, 5.74) is 0. The van der Waals surface area contributed by atoms with Crippen molar-refractivity contribution in [3.05, 3.63) is 12.4 Å². The zero-order valence-corrected chi connectivity index (χ0v) is 11.4. The Morgan fingerprint density at radius 3 is 2.84 bits per heavy atom. The van der Waals surface area contributed by atoms with E-state index in [0.717, 1.165) is 44.1 Å². The standard InChI is InChI=1S/C13H20N4O2/c1-3-14-11-8-12(16-9-15-11)17-6-4-10(5-7-17)13(18)19-2/h8-10H,3-7H2,1-2H3,(H,14,15,16). The average Bonchev–Trinajstić information content (AvgIpc) is 2.47. The maximum Gasteiger partial charge on any atom is 0.308 e. The van der Waals surface area contributed by atoms with Gasteiger partial charge in [0.05, 0.1) is 13.0 Å². The van der Waals surface area contributed by atoms with E-state index in [-0.39, 0.29) is 11.9 Å². The number of aromatic nitrogens is 2. The Balaban J connectivity index is 1.97. The lowest BCUT2D eigenvalue weighted by atomic mass is 9.97. The van der Waals surface area contributed by atoms with Crippen molar-refractivity contribution >= 4 is 17.6 Å². The number of anilines is 2. The van der Waals surface area contributed by atoms with Gasteiger partial charge in [0.25, 0.3) is 0 Å². The van der Waals surface area contributed by atoms with Gasteiger partial charge >= 0.3 is 5.97 Å². The fourth-order valence-electron chi connectivity index (χ4n) is 2.31. The summed E-state index contributed by atoms with van der Waals surface area (Å²) >= 11 is 0. The molecule has 0 spiro atoms. The Hall–Kier alpha value is -1.85. The van der Waals surface area contributed by atoms with Gasteiger partial charge in [0, 0.05) is 25.7 Å². The average molecular weight is 264 g/mol. The van der Waals surface area contributed by atoms with Gasteiger partial charge in [0.1, 0.15) is 18.0 Å². The van der Waals surface area contributed by atoms with Gasteiger partial charge in [-0.15, -0.1) is 0 Å². The van der Waals surface area contributed by atoms with Gasteiger partial charge in [-0.05, 0) is 19.8 Å². The van der Waals surface area contributed by atoms with Crippen molar-refractivity contribution in [3.8, 4) is 0 Å². The third-order valence-electron chi connectivity index (χ3n) is 3.36. The number of carbonyl (C=O) groups is 1. The topological polar surface area (TPSA) is 67.4 Å². The number of nitrogens with one attached hydrogen (secondary N) is 1. The van der Waals surface area contributed by atoms with Gasteiger partial charge in [-0.3, -0.25) is 4.79 Å². The first-order chi connectivity index (χ1) is 9.24. The molecule has 1 aliphatic rings. The van der Waals surface area contributed by atoms with Gasteiger partial charge in [-0.1, -0.05) is 0 Å². The number of ether oxygens (including phenoxy) is 1. The predicted octanol–water partition coefficient (Wildman–Crippen LogP) is 1.30. The van der Waals surface area contributed by atoms with Gasteiger partial charge in [0.2, 0.25) is 0 Å². The van der Waals surface area contributed by atoms with Crippen molar-refractivity contribution < 1.29 is 9.53 Å². The first kappa shape index (κ1) is 13.6. The highest BCUT2D eigenvalue weighted by Gasteiger charge is 2.26. The van der Waals surface area contributed by atoms with E-state index in [4.69, 9.17) is 4.74 Å². The minimum Gasteiger partial charge on any atom is -0.469 e. The zero-order chi connectivity index (χ0) is 13.7. The second kappa shape index (κ2) is 6.36. The quantitative estimate of drug-likeness (QED) is 0.827. The molecule has 2 rings (SSSR count). The Labute approximate surface area is 113 Å². The zero-order valence-electron chi connectivity index (χ0n) is 11.4. The minimum atomic E-state index is -0.101. The molecular formula is C13H20N4O2. The van der Waals surface area contributed by atoms with Gasteiger partial charge in [-0.25, -0.2) is 9.97 Å². The second-order valence-corrected chi connectivity index (χ2v) is 4.58. The van der Waals surface area contributed by atoms with Crippen LogP contribution in [0.3, 0.4) is 0 Å². The van der Waals surface area contributed by atoms with Crippen LogP contribution in [0.15, 0.2) is 12.4 Å². The smallest absolute Gasteiger partial charge is 0.308 e. The molecule has 0 aromatic carbocycles. The lowest BCUT2D eigenvalue weighted by molar-refractivity contribution is -0.146. The second-order valence-electron chi connectivity index (χ2n) is 4.58. The summed E-state index contributed by atoms with van der Waals surface area (Å²) < 4.78 is 4.79. The van der Waals surface area contributed by atoms with E-state index in [9.17, 15) is 4.79 Å². The molecule has 1 aromatic heterocycles. The Morgan fingerprint density at radius 1 is 1.47 bits per heavy atom. The number of hydrogen-bond donors (Lipinski definition) is 1. The first-order valence-electron chi connectivity index (χ1n) is 6.63. The number of hydrogen-bond acceptors (Lipinski definition) is 6. The number of esters is 1. The van der Waals surface area contributed by atoms with Crippen LogP contribution in [0.1, 0.15) is 19.8 Å². The van der Waals surface area contributed by atoms with Crippen molar-refractivity contribution in [2.24, 2.45) is 5.92 Å². The van der Waals surface area contributed by atoms with Gasteiger partial charge in [0.15, 0.2) is 0 Å². The van der Waals surface area contributed by atoms with Crippen LogP contribution in [0.4, 0.5) is 11.6 Å². The molecule has 0 unspecified atom stereocenters. The van der Waals surface area contributed by atoms with E-state index in [0.29, 0.717) is 0 Å². The van der Waals surface area contributed by atoms with Crippen LogP contribution < -0.4 is 10.2 Å². The van der Waals surface area contributed by atoms with Crippen LogP contribution in [0.2, 0.25) is 0 Å². The summed E-state index contributed by atoms with van der Waals surface area (Å²) in [5, 5.41) is 3.17. The molecule has 0 radical (unpaired) electrons. The summed E-state index contributed by atoms with van der Waals surface area (Å²) in [7, 11) is 1.45. The minimum absolute atomic E-state index is 0.0244. The predicted molar refractivity (Wildman–Crippen MR) is 73.1 cm³/mol. The van der Waals surface area contributed by atoms with E-state index in [1.54, 1.807) is 6.33 Å². The molecule has 1 saturated heterocycles. The first-order valence-corrected chi connectivity index (χ1v) is 6.63. The maximum absolute atomic E-state index is 11.5. The van der Waals surface area contributed by atoms with Crippen LogP contribution in [-0.2, 0) is 9.53 Å². The van der Waals surface area contributed by atoms with Crippen LogP contribution in [-0.4, -0.2) is 42.7 Å². The molecule has 1 N–H and O–H groups in total. The Morgan fingerprint density at radius 2 is 2.21 bits per heavy atom. The van der Waals surface area contributed by atoms with Crippen molar-refractivity contribution in [3.63, 3.8) is 0 Å². The molecule has 0 aliphatic carbocycles. The van der Waals surface area contributed by atoms with Crippen LogP contribution in [0.5, 0.6) is 0 Å². The number of piperidine rings is 1. The Bertz CT molecular complexity index is 430.